The lowest BCUT2D eigenvalue weighted by Gasteiger charge is -2.30. The summed E-state index contributed by atoms with van der Waals surface area (Å²) in [5, 5.41) is 4.83. The van der Waals surface area contributed by atoms with Crippen molar-refractivity contribution in [3.8, 4) is 9.75 Å². The predicted octanol–water partition coefficient (Wildman–Crippen LogP) is 8.67. The van der Waals surface area contributed by atoms with Crippen LogP contribution in [0, 0.1) is 0 Å². The molecular formula is C24H38S2. The lowest BCUT2D eigenvalue weighted by Crippen LogP contribution is -2.22. The van der Waals surface area contributed by atoms with E-state index in [1.165, 1.54) is 20.9 Å². The molecule has 0 saturated carbocycles. The molecule has 2 heterocycles. The second-order valence-corrected chi connectivity index (χ2v) is 13.5. The number of rotatable bonds is 1. The van der Waals surface area contributed by atoms with Crippen LogP contribution in [0.4, 0.5) is 0 Å². The highest BCUT2D eigenvalue weighted by Gasteiger charge is 2.35. The van der Waals surface area contributed by atoms with Crippen molar-refractivity contribution in [2.45, 2.75) is 105 Å². The van der Waals surface area contributed by atoms with E-state index >= 15 is 0 Å². The van der Waals surface area contributed by atoms with Gasteiger partial charge in [0, 0.05) is 9.75 Å². The van der Waals surface area contributed by atoms with Gasteiger partial charge in [-0.15, -0.1) is 22.7 Å². The first kappa shape index (κ1) is 21.7. The molecule has 0 N–H and O–H groups in total. The summed E-state index contributed by atoms with van der Waals surface area (Å²) in [6, 6.07) is 0. The predicted molar refractivity (Wildman–Crippen MR) is 122 cm³/mol. The van der Waals surface area contributed by atoms with Crippen LogP contribution in [-0.4, -0.2) is 0 Å². The highest BCUT2D eigenvalue weighted by Crippen LogP contribution is 2.51. The standard InChI is InChI=1S/C24H38S2/c1-21(2,3)15-13-25-19(17(15)23(7,8)9)20-18(24(10,11)12)16(14-26-20)22(4,5)6/h13-14H,1-12H3. The zero-order valence-corrected chi connectivity index (χ0v) is 20.6. The minimum absolute atomic E-state index is 0.138. The van der Waals surface area contributed by atoms with Crippen molar-refractivity contribution in [3.05, 3.63) is 33.0 Å². The van der Waals surface area contributed by atoms with Crippen molar-refractivity contribution in [2.75, 3.05) is 0 Å². The zero-order chi connectivity index (χ0) is 20.3. The molecule has 2 aromatic rings. The summed E-state index contributed by atoms with van der Waals surface area (Å²) >= 11 is 3.90. The Kier molecular flexibility index (Phi) is 5.41. The molecule has 146 valence electrons. The summed E-state index contributed by atoms with van der Waals surface area (Å²) in [6.45, 7) is 28.2. The maximum Gasteiger partial charge on any atom is 0.0486 e. The molecule has 0 aromatic carbocycles. The topological polar surface area (TPSA) is 0 Å². The van der Waals surface area contributed by atoms with Gasteiger partial charge in [-0.3, -0.25) is 0 Å². The summed E-state index contributed by atoms with van der Waals surface area (Å²) in [5.74, 6) is 0. The summed E-state index contributed by atoms with van der Waals surface area (Å²) in [7, 11) is 0. The third kappa shape index (κ3) is 4.12. The molecule has 0 saturated heterocycles. The van der Waals surface area contributed by atoms with Gasteiger partial charge in [-0.05, 0) is 54.7 Å². The highest BCUT2D eigenvalue weighted by molar-refractivity contribution is 7.20. The fourth-order valence-corrected chi connectivity index (χ4v) is 6.83. The average molecular weight is 391 g/mol. The summed E-state index contributed by atoms with van der Waals surface area (Å²) in [4.78, 5) is 2.99. The molecule has 0 fully saturated rings. The van der Waals surface area contributed by atoms with Crippen LogP contribution in [0.5, 0.6) is 0 Å². The minimum Gasteiger partial charge on any atom is -0.142 e. The molecule has 0 amide bonds. The first-order chi connectivity index (χ1) is 11.5. The number of hydrogen-bond donors (Lipinski definition) is 0. The molecule has 2 heteroatoms. The monoisotopic (exact) mass is 390 g/mol. The van der Waals surface area contributed by atoms with E-state index in [0.717, 1.165) is 0 Å². The van der Waals surface area contributed by atoms with Gasteiger partial charge in [0.25, 0.3) is 0 Å². The van der Waals surface area contributed by atoms with Crippen LogP contribution < -0.4 is 0 Å². The molecule has 0 radical (unpaired) electrons. The van der Waals surface area contributed by atoms with Crippen LogP contribution in [0.25, 0.3) is 9.75 Å². The quantitative estimate of drug-likeness (QED) is 0.457. The van der Waals surface area contributed by atoms with Gasteiger partial charge in [0.15, 0.2) is 0 Å². The Hall–Kier alpha value is -0.600. The molecule has 0 aliphatic carbocycles. The van der Waals surface area contributed by atoms with E-state index < -0.39 is 0 Å². The third-order valence-electron chi connectivity index (χ3n) is 4.90. The Morgan fingerprint density at radius 2 is 0.731 bits per heavy atom. The van der Waals surface area contributed by atoms with Crippen molar-refractivity contribution in [1.29, 1.82) is 0 Å². The summed E-state index contributed by atoms with van der Waals surface area (Å²) in [6.07, 6.45) is 0. The van der Waals surface area contributed by atoms with Crippen molar-refractivity contribution in [1.82, 2.24) is 0 Å². The molecule has 0 bridgehead atoms. The zero-order valence-electron chi connectivity index (χ0n) is 19.0. The van der Waals surface area contributed by atoms with Crippen LogP contribution in [0.3, 0.4) is 0 Å². The second-order valence-electron chi connectivity index (χ2n) is 11.7. The molecule has 0 unspecified atom stereocenters. The fourth-order valence-electron chi connectivity index (χ4n) is 3.64. The maximum atomic E-state index is 2.42. The molecule has 0 aliphatic rings. The molecule has 0 aliphatic heterocycles. The van der Waals surface area contributed by atoms with E-state index in [9.17, 15) is 0 Å². The van der Waals surface area contributed by atoms with Gasteiger partial charge in [-0.2, -0.15) is 0 Å². The SMILES string of the molecule is CC(C)(C)c1csc(-c2scc(C(C)(C)C)c2C(C)(C)C)c1C(C)(C)C. The molecule has 2 rings (SSSR count). The molecule has 2 aromatic heterocycles. The average Bonchev–Trinajstić information content (AvgIpc) is 2.99. The van der Waals surface area contributed by atoms with Crippen LogP contribution >= 0.6 is 22.7 Å². The lowest BCUT2D eigenvalue weighted by molar-refractivity contribution is 0.531. The normalized spacial score (nSPS) is 14.2. The molecule has 0 spiro atoms. The first-order valence-corrected chi connectivity index (χ1v) is 11.5. The van der Waals surface area contributed by atoms with Crippen LogP contribution in [0.1, 0.15) is 105 Å². The van der Waals surface area contributed by atoms with Crippen molar-refractivity contribution in [2.24, 2.45) is 0 Å². The van der Waals surface area contributed by atoms with E-state index in [1.54, 1.807) is 11.1 Å². The van der Waals surface area contributed by atoms with Gasteiger partial charge < -0.3 is 0 Å². The summed E-state index contributed by atoms with van der Waals surface area (Å²) in [5.41, 5.74) is 6.72. The van der Waals surface area contributed by atoms with Crippen LogP contribution in [0.15, 0.2) is 10.8 Å². The van der Waals surface area contributed by atoms with Gasteiger partial charge in [0.05, 0.1) is 0 Å². The third-order valence-corrected chi connectivity index (χ3v) is 7.03. The van der Waals surface area contributed by atoms with E-state index in [2.05, 4.69) is 93.8 Å². The molecule has 0 atom stereocenters. The first-order valence-electron chi connectivity index (χ1n) is 9.71. The Morgan fingerprint density at radius 3 is 0.923 bits per heavy atom. The van der Waals surface area contributed by atoms with Crippen molar-refractivity contribution in [3.63, 3.8) is 0 Å². The number of hydrogen-bond acceptors (Lipinski definition) is 2. The Balaban J connectivity index is 2.87. The van der Waals surface area contributed by atoms with Gasteiger partial charge in [0.1, 0.15) is 0 Å². The van der Waals surface area contributed by atoms with Gasteiger partial charge in [0.2, 0.25) is 0 Å². The van der Waals surface area contributed by atoms with E-state index in [-0.39, 0.29) is 21.7 Å². The van der Waals surface area contributed by atoms with E-state index in [1.807, 2.05) is 22.7 Å². The Bertz CT molecular complexity index is 704. The minimum atomic E-state index is 0.138. The van der Waals surface area contributed by atoms with Crippen molar-refractivity contribution >= 4 is 22.7 Å². The van der Waals surface area contributed by atoms with Gasteiger partial charge in [-0.1, -0.05) is 83.1 Å². The maximum absolute atomic E-state index is 2.42. The molecule has 0 nitrogen and oxygen atoms in total. The van der Waals surface area contributed by atoms with Crippen LogP contribution in [-0.2, 0) is 21.7 Å². The van der Waals surface area contributed by atoms with E-state index in [4.69, 9.17) is 0 Å². The molecule has 26 heavy (non-hydrogen) atoms. The van der Waals surface area contributed by atoms with Crippen molar-refractivity contribution < 1.29 is 0 Å². The lowest BCUT2D eigenvalue weighted by atomic mass is 9.74. The highest BCUT2D eigenvalue weighted by atomic mass is 32.1. The summed E-state index contributed by atoms with van der Waals surface area (Å²) < 4.78 is 0. The fraction of sp³-hybridized carbons (Fsp3) is 0.667. The molecular weight excluding hydrogens is 352 g/mol. The Labute approximate surface area is 170 Å². The second kappa shape index (κ2) is 6.48. The number of thiophene rings is 2. The van der Waals surface area contributed by atoms with Crippen LogP contribution in [0.2, 0.25) is 0 Å². The Morgan fingerprint density at radius 1 is 0.462 bits per heavy atom. The van der Waals surface area contributed by atoms with E-state index in [0.29, 0.717) is 0 Å². The largest absolute Gasteiger partial charge is 0.142 e. The van der Waals surface area contributed by atoms with Gasteiger partial charge >= 0.3 is 0 Å². The smallest absolute Gasteiger partial charge is 0.0486 e. The van der Waals surface area contributed by atoms with Gasteiger partial charge in [-0.25, -0.2) is 0 Å².